The SMILES string of the molecule is CC1=CC2=CC(=O)OC2CC1OCCc1cc(=O)c(O)c2c(O)c(CC(=O)O)ccc2c1.CC1C(O)OC(COc2cc(CCOC3CC4OC(=O)C=C4C=C3O)cc3ccc(/C=C/C(=O)O)c(O)c3c2=O)C(O)C1O.CC1OC(O)C(OC2OC(O)C(OC3OC(COc4cc(CCOC5CC6OC(=O)C=C6C=C5O)cc5ccc(CC(=O)O)c(O)c5c4=O)C(O)C(O)C3O)C(O)C2O)C(O)C1O.O.O. The van der Waals surface area contributed by atoms with Gasteiger partial charge in [0.05, 0.1) is 67.1 Å². The number of esters is 3. The van der Waals surface area contributed by atoms with Crippen LogP contribution in [-0.4, -0.2) is 341 Å². The fourth-order valence-electron chi connectivity index (χ4n) is 17.4. The first-order chi connectivity index (χ1) is 66.0. The number of carboxylic acids is 3. The number of benzene rings is 3. The molecular formula is C95H106O46. The minimum Gasteiger partial charge on any atom is -0.510 e. The van der Waals surface area contributed by atoms with Crippen LogP contribution in [0.15, 0.2) is 164 Å². The maximum atomic E-state index is 14.0. The summed E-state index contributed by atoms with van der Waals surface area (Å²) in [5.41, 5.74) is 2.10. The number of carbonyl (C=O) groups excluding carboxylic acids is 3. The Morgan fingerprint density at radius 1 is 0.418 bits per heavy atom. The van der Waals surface area contributed by atoms with E-state index in [1.54, 1.807) is 18.2 Å². The van der Waals surface area contributed by atoms with Crippen LogP contribution in [-0.2, 0) is 118 Å². The van der Waals surface area contributed by atoms with E-state index in [-0.39, 0.29) is 130 Å². The molecule has 6 aromatic rings. The summed E-state index contributed by atoms with van der Waals surface area (Å²) < 4.78 is 77.3. The van der Waals surface area contributed by atoms with Gasteiger partial charge < -0.3 is 185 Å². The highest BCUT2D eigenvalue weighted by Gasteiger charge is 2.54. The molecule has 4 saturated heterocycles. The minimum absolute atomic E-state index is 0. The van der Waals surface area contributed by atoms with Crippen molar-refractivity contribution in [3.8, 4) is 34.5 Å². The van der Waals surface area contributed by atoms with Crippen LogP contribution < -0.4 is 25.8 Å². The van der Waals surface area contributed by atoms with Crippen LogP contribution in [0.3, 0.4) is 0 Å². The summed E-state index contributed by atoms with van der Waals surface area (Å²) in [6, 6.07) is 17.5. The molecule has 7 aliphatic heterocycles. The van der Waals surface area contributed by atoms with E-state index in [0.29, 0.717) is 51.5 Å². The molecule has 46 heteroatoms. The maximum Gasteiger partial charge on any atom is 0.331 e. The van der Waals surface area contributed by atoms with Gasteiger partial charge in [0.15, 0.2) is 48.7 Å². The Bertz CT molecular complexity index is 6140. The number of aliphatic hydroxyl groups excluding tert-OH is 14. The molecule has 141 heavy (non-hydrogen) atoms. The average Bonchev–Trinajstić information content (AvgIpc) is 1.76. The Labute approximate surface area is 796 Å². The van der Waals surface area contributed by atoms with E-state index in [9.17, 15) is 140 Å². The highest BCUT2D eigenvalue weighted by atomic mass is 16.8. The van der Waals surface area contributed by atoms with Gasteiger partial charge in [0.1, 0.15) is 146 Å². The van der Waals surface area contributed by atoms with Crippen molar-refractivity contribution in [2.75, 3.05) is 33.0 Å². The molecule has 6 aromatic carbocycles. The maximum absolute atomic E-state index is 14.0. The van der Waals surface area contributed by atoms with Crippen molar-refractivity contribution in [3.63, 3.8) is 0 Å². The van der Waals surface area contributed by atoms with Crippen LogP contribution in [0.1, 0.15) is 73.4 Å². The zero-order chi connectivity index (χ0) is 100. The Kier molecular flexibility index (Phi) is 34.8. The second-order valence-corrected chi connectivity index (χ2v) is 34.7. The second kappa shape index (κ2) is 45.7. The Morgan fingerprint density at radius 2 is 0.830 bits per heavy atom. The first-order valence-electron chi connectivity index (χ1n) is 43.9. The zero-order valence-corrected chi connectivity index (χ0v) is 75.0. The van der Waals surface area contributed by atoms with Gasteiger partial charge in [0.2, 0.25) is 16.3 Å². The number of aliphatic carboxylic acids is 3. The van der Waals surface area contributed by atoms with Crippen LogP contribution in [0.2, 0.25) is 0 Å². The standard InChI is InChI=1S/C40H48O23.C31H32O13.C24H22O8.2H2O/c1-13-26(45)31(50)35(37(54)58-13)62-40-34(53)32(51)36(38(55)63-40)61-39-33(52)30(49)29(48)22(60-39)12-57-21-7-14(4-5-56-20-11-19-17(8-18(20)41)10-24(44)59-19)6-15-2-3-16(9-23(42)43)27(46)25(15)28(21)47;1-14-27(36)30(39)23(44-31(14)40)13-42-22-9-15(6-7-41-21-12-20-18(10-19(21)32)11-25(35)43-20)8-17-3-2-16(4-5-24(33)34)28(37)26(17)29(22)38;1-12-6-16-10-21(28)32-19(16)11-18(12)31-5-4-13-7-14-2-3-15(9-20(26)27)23(29)22(14)24(30)17(25)8-13;;/h2-3,6-8,10,13,19-20,22,26,29-41,45-46,48-55H,4-5,9,11-12H2,1H3,(H,42,43);2-5,8-11,14,20-21,23,27,30-32,36-37,39-40H,6-7,12-13H2,1H3,(H,33,34);2-3,6-8,10,18-19,29H,4-5,9,11H2,1H3,(H,25,30)(H,26,27);2*1H2/b;5-4+;;;. The number of carbonyl (C=O) groups is 6. The van der Waals surface area contributed by atoms with Gasteiger partial charge in [-0.15, -0.1) is 0 Å². The number of aromatic hydroxyl groups is 4. The predicted octanol–water partition coefficient (Wildman–Crippen LogP) is -2.23. The summed E-state index contributed by atoms with van der Waals surface area (Å²) in [4.78, 5) is 108. The molecule has 16 rings (SSSR count). The monoisotopic (exact) mass is 1980 g/mol. The highest BCUT2D eigenvalue weighted by Crippen LogP contribution is 2.41. The first kappa shape index (κ1) is 107. The Hall–Kier alpha value is -12.4. The van der Waals surface area contributed by atoms with Gasteiger partial charge in [-0.2, -0.15) is 0 Å². The molecule has 0 amide bonds. The zero-order valence-electron chi connectivity index (χ0n) is 75.0. The topological polar surface area (TPSA) is 771 Å². The van der Waals surface area contributed by atoms with Gasteiger partial charge in [-0.1, -0.05) is 67.6 Å². The Balaban J connectivity index is 0.000000199. The number of phenols is 3. The molecule has 0 bridgehead atoms. The van der Waals surface area contributed by atoms with E-state index < -0.39 is 248 Å². The summed E-state index contributed by atoms with van der Waals surface area (Å²) in [6.07, 6.45) is -25.1. The van der Waals surface area contributed by atoms with Crippen molar-refractivity contribution in [2.24, 2.45) is 5.92 Å². The number of rotatable bonds is 28. The molecule has 0 aromatic heterocycles. The van der Waals surface area contributed by atoms with Gasteiger partial charge in [0.25, 0.3) is 0 Å². The van der Waals surface area contributed by atoms with E-state index in [2.05, 4.69) is 0 Å². The molecule has 3 aliphatic carbocycles. The quantitative estimate of drug-likeness (QED) is 0.0140. The number of hydrogen-bond donors (Lipinski definition) is 21. The molecule has 25 N–H and O–H groups in total. The first-order valence-corrected chi connectivity index (χ1v) is 43.9. The lowest BCUT2D eigenvalue weighted by Gasteiger charge is -2.46. The molecule has 0 radical (unpaired) electrons. The van der Waals surface area contributed by atoms with Crippen molar-refractivity contribution in [2.45, 2.75) is 226 Å². The van der Waals surface area contributed by atoms with Crippen molar-refractivity contribution >= 4 is 74.2 Å². The number of phenolic OH excluding ortho intramolecular Hbond substituents is 3. The average molecular weight is 1980 g/mol. The molecule has 0 saturated carbocycles. The van der Waals surface area contributed by atoms with Gasteiger partial charge in [-0.3, -0.25) is 24.0 Å². The lowest BCUT2D eigenvalue weighted by molar-refractivity contribution is -0.401. The Morgan fingerprint density at radius 3 is 1.33 bits per heavy atom. The molecule has 26 atom stereocenters. The van der Waals surface area contributed by atoms with E-state index in [1.165, 1.54) is 98.8 Å². The molecule has 4 fully saturated rings. The smallest absolute Gasteiger partial charge is 0.331 e. The molecule has 10 aliphatic rings. The number of fused-ring (bicyclic) bond motifs is 6. The predicted molar refractivity (Wildman–Crippen MR) is 478 cm³/mol. The molecule has 7 heterocycles. The second-order valence-electron chi connectivity index (χ2n) is 34.7. The minimum atomic E-state index is -2.18. The highest BCUT2D eigenvalue weighted by molar-refractivity contribution is 5.97. The van der Waals surface area contributed by atoms with Crippen molar-refractivity contribution in [1.82, 2.24) is 0 Å². The summed E-state index contributed by atoms with van der Waals surface area (Å²) >= 11 is 0. The van der Waals surface area contributed by atoms with Crippen LogP contribution in [0.4, 0.5) is 0 Å². The lowest BCUT2D eigenvalue weighted by Crippen LogP contribution is -2.65. The molecule has 762 valence electrons. The summed E-state index contributed by atoms with van der Waals surface area (Å²) in [6.45, 7) is 3.87. The van der Waals surface area contributed by atoms with E-state index in [4.69, 9.17) is 76.5 Å². The number of hydrogen-bond acceptors (Lipinski definition) is 41. The van der Waals surface area contributed by atoms with Crippen LogP contribution in [0, 0.1) is 5.92 Å². The normalized spacial score (nSPS) is 30.4. The lowest BCUT2D eigenvalue weighted by atomic mass is 9.92. The van der Waals surface area contributed by atoms with E-state index in [1.807, 2.05) is 13.0 Å². The van der Waals surface area contributed by atoms with Gasteiger partial charge in [0, 0.05) is 77.3 Å². The van der Waals surface area contributed by atoms with Crippen LogP contribution >= 0.6 is 0 Å². The van der Waals surface area contributed by atoms with E-state index >= 15 is 0 Å². The number of aliphatic hydroxyl groups is 14. The third kappa shape index (κ3) is 24.3. The third-order valence-corrected chi connectivity index (χ3v) is 25.0. The van der Waals surface area contributed by atoms with Crippen molar-refractivity contribution < 1.29 is 213 Å². The molecule has 0 spiro atoms. The van der Waals surface area contributed by atoms with Crippen LogP contribution in [0.5, 0.6) is 34.5 Å². The fraction of sp³-hybridized carbons (Fsp3) is 0.442. The van der Waals surface area contributed by atoms with Crippen molar-refractivity contribution in [1.29, 1.82) is 0 Å². The third-order valence-electron chi connectivity index (χ3n) is 25.0. The van der Waals surface area contributed by atoms with Gasteiger partial charge >= 0.3 is 35.8 Å². The molecule has 46 nitrogen and oxygen atoms in total. The molecular weight excluding hydrogens is 1880 g/mol. The van der Waals surface area contributed by atoms with E-state index in [0.717, 1.165) is 23.3 Å². The summed E-state index contributed by atoms with van der Waals surface area (Å²) in [5.74, 6) is -8.94. The largest absolute Gasteiger partial charge is 0.510 e. The summed E-state index contributed by atoms with van der Waals surface area (Å²) in [5, 5.41) is 218. The van der Waals surface area contributed by atoms with Gasteiger partial charge in [-0.05, 0) is 114 Å². The molecule has 26 unspecified atom stereocenters. The van der Waals surface area contributed by atoms with Crippen LogP contribution in [0.25, 0.3) is 38.4 Å². The van der Waals surface area contributed by atoms with Gasteiger partial charge in [-0.25, -0.2) is 19.2 Å². The summed E-state index contributed by atoms with van der Waals surface area (Å²) in [7, 11) is 0. The number of ether oxygens (including phenoxy) is 14. The fourth-order valence-corrected chi connectivity index (χ4v) is 17.4. The van der Waals surface area contributed by atoms with Crippen molar-refractivity contribution in [3.05, 3.63) is 213 Å². The number of carboxylic acid groups (broad SMARTS) is 3.